The molecule has 6 heteroatoms. The lowest BCUT2D eigenvalue weighted by Crippen LogP contribution is -2.01. The van der Waals surface area contributed by atoms with Gasteiger partial charge in [0.25, 0.3) is 0 Å². The van der Waals surface area contributed by atoms with E-state index in [1.54, 1.807) is 17.1 Å². The number of hydrogen-bond acceptors (Lipinski definition) is 3. The maximum absolute atomic E-state index is 4.35. The zero-order valence-electron chi connectivity index (χ0n) is 8.51. The minimum atomic E-state index is 0.747. The molecule has 0 aromatic carbocycles. The molecule has 0 amide bonds. The van der Waals surface area contributed by atoms with Gasteiger partial charge in [-0.1, -0.05) is 0 Å². The summed E-state index contributed by atoms with van der Waals surface area (Å²) in [6, 6.07) is 5.77. The van der Waals surface area contributed by atoms with Crippen LogP contribution in [0, 0.1) is 3.57 Å². The van der Waals surface area contributed by atoms with E-state index < -0.39 is 0 Å². The molecule has 0 spiro atoms. The molecule has 0 N–H and O–H groups in total. The maximum Gasteiger partial charge on any atom is 0.170 e. The fourth-order valence-electron chi connectivity index (χ4n) is 1.59. The van der Waals surface area contributed by atoms with Crippen LogP contribution in [0.1, 0.15) is 0 Å². The standard InChI is InChI=1S/C11H6BrIN4/c12-8-2-1-4-14-11(8)17-10-7(6-16-17)9(13)3-5-15-10/h1-6H. The van der Waals surface area contributed by atoms with Crippen molar-refractivity contribution in [2.45, 2.75) is 0 Å². The van der Waals surface area contributed by atoms with Crippen molar-refractivity contribution in [3.8, 4) is 5.82 Å². The van der Waals surface area contributed by atoms with Gasteiger partial charge in [-0.15, -0.1) is 0 Å². The average molecular weight is 401 g/mol. The first-order chi connectivity index (χ1) is 8.27. The van der Waals surface area contributed by atoms with Gasteiger partial charge in [0.05, 0.1) is 16.1 Å². The average Bonchev–Trinajstić information content (AvgIpc) is 2.75. The molecule has 3 rings (SSSR count). The first kappa shape index (κ1) is 11.1. The lowest BCUT2D eigenvalue weighted by molar-refractivity contribution is 0.858. The van der Waals surface area contributed by atoms with Crippen LogP contribution in [0.25, 0.3) is 16.9 Å². The summed E-state index contributed by atoms with van der Waals surface area (Å²) in [4.78, 5) is 8.67. The fraction of sp³-hybridized carbons (Fsp3) is 0. The van der Waals surface area contributed by atoms with Crippen molar-refractivity contribution in [2.24, 2.45) is 0 Å². The van der Waals surface area contributed by atoms with E-state index in [9.17, 15) is 0 Å². The highest BCUT2D eigenvalue weighted by molar-refractivity contribution is 14.1. The largest absolute Gasteiger partial charge is 0.236 e. The van der Waals surface area contributed by atoms with Crippen LogP contribution in [0.2, 0.25) is 0 Å². The topological polar surface area (TPSA) is 43.6 Å². The number of nitrogens with zero attached hydrogens (tertiary/aromatic N) is 4. The Balaban J connectivity index is 2.33. The van der Waals surface area contributed by atoms with Gasteiger partial charge in [-0.25, -0.2) is 9.97 Å². The van der Waals surface area contributed by atoms with E-state index >= 15 is 0 Å². The molecule has 0 radical (unpaired) electrons. The van der Waals surface area contributed by atoms with Crippen LogP contribution in [-0.2, 0) is 0 Å². The normalized spacial score (nSPS) is 10.9. The summed E-state index contributed by atoms with van der Waals surface area (Å²) in [5.74, 6) is 0.747. The van der Waals surface area contributed by atoms with Crippen molar-refractivity contribution < 1.29 is 0 Å². The predicted octanol–water partition coefficient (Wildman–Crippen LogP) is 3.18. The van der Waals surface area contributed by atoms with Gasteiger partial charge in [-0.3, -0.25) is 0 Å². The molecule has 3 aromatic rings. The Morgan fingerprint density at radius 2 is 2.06 bits per heavy atom. The van der Waals surface area contributed by atoms with Gasteiger partial charge in [0.2, 0.25) is 0 Å². The molecule has 3 aromatic heterocycles. The summed E-state index contributed by atoms with van der Waals surface area (Å²) in [5, 5.41) is 5.38. The zero-order chi connectivity index (χ0) is 11.8. The van der Waals surface area contributed by atoms with Crippen molar-refractivity contribution >= 4 is 49.6 Å². The zero-order valence-corrected chi connectivity index (χ0v) is 12.3. The molecule has 0 atom stereocenters. The molecule has 17 heavy (non-hydrogen) atoms. The molecular formula is C11H6BrIN4. The molecule has 0 unspecified atom stereocenters. The number of fused-ring (bicyclic) bond motifs is 1. The fourth-order valence-corrected chi connectivity index (χ4v) is 2.55. The van der Waals surface area contributed by atoms with E-state index in [4.69, 9.17) is 0 Å². The molecule has 0 saturated heterocycles. The summed E-state index contributed by atoms with van der Waals surface area (Å²) in [7, 11) is 0. The van der Waals surface area contributed by atoms with Crippen LogP contribution < -0.4 is 0 Å². The van der Waals surface area contributed by atoms with E-state index in [-0.39, 0.29) is 0 Å². The van der Waals surface area contributed by atoms with Gasteiger partial charge < -0.3 is 0 Å². The number of halogens is 2. The molecule has 0 bridgehead atoms. The minimum Gasteiger partial charge on any atom is -0.236 e. The van der Waals surface area contributed by atoms with Crippen molar-refractivity contribution in [3.63, 3.8) is 0 Å². The van der Waals surface area contributed by atoms with Gasteiger partial charge >= 0.3 is 0 Å². The Labute approximate surface area is 119 Å². The van der Waals surface area contributed by atoms with E-state index in [1.165, 1.54) is 0 Å². The monoisotopic (exact) mass is 400 g/mol. The third kappa shape index (κ3) is 1.85. The van der Waals surface area contributed by atoms with Crippen molar-refractivity contribution in [3.05, 3.63) is 44.8 Å². The molecule has 0 aliphatic carbocycles. The van der Waals surface area contributed by atoms with Crippen molar-refractivity contribution in [1.82, 2.24) is 19.7 Å². The van der Waals surface area contributed by atoms with Crippen LogP contribution in [0.5, 0.6) is 0 Å². The SMILES string of the molecule is Brc1cccnc1-n1ncc2c(I)ccnc21. The van der Waals surface area contributed by atoms with Gasteiger partial charge in [0.1, 0.15) is 0 Å². The number of rotatable bonds is 1. The molecule has 0 saturated carbocycles. The van der Waals surface area contributed by atoms with Crippen LogP contribution in [-0.4, -0.2) is 19.7 Å². The smallest absolute Gasteiger partial charge is 0.170 e. The maximum atomic E-state index is 4.35. The van der Waals surface area contributed by atoms with Crippen molar-refractivity contribution in [1.29, 1.82) is 0 Å². The summed E-state index contributed by atoms with van der Waals surface area (Å²) in [6.45, 7) is 0. The molecule has 4 nitrogen and oxygen atoms in total. The Hall–Kier alpha value is -1.02. The first-order valence-corrected chi connectivity index (χ1v) is 6.73. The van der Waals surface area contributed by atoms with Crippen LogP contribution in [0.3, 0.4) is 0 Å². The van der Waals surface area contributed by atoms with E-state index in [0.717, 1.165) is 24.9 Å². The van der Waals surface area contributed by atoms with Crippen LogP contribution in [0.15, 0.2) is 41.3 Å². The summed E-state index contributed by atoms with van der Waals surface area (Å²) in [5.41, 5.74) is 0.816. The molecule has 0 fully saturated rings. The van der Waals surface area contributed by atoms with E-state index in [0.29, 0.717) is 0 Å². The third-order valence-electron chi connectivity index (χ3n) is 2.36. The highest BCUT2D eigenvalue weighted by atomic mass is 127. The Bertz CT molecular complexity index is 695. The Morgan fingerprint density at radius 3 is 2.88 bits per heavy atom. The van der Waals surface area contributed by atoms with E-state index in [2.05, 4.69) is 53.6 Å². The van der Waals surface area contributed by atoms with Gasteiger partial charge in [0.15, 0.2) is 11.5 Å². The van der Waals surface area contributed by atoms with Crippen LogP contribution >= 0.6 is 38.5 Å². The van der Waals surface area contributed by atoms with Gasteiger partial charge in [0, 0.05) is 16.0 Å². The van der Waals surface area contributed by atoms with Crippen molar-refractivity contribution in [2.75, 3.05) is 0 Å². The molecule has 0 aliphatic rings. The molecule has 0 aliphatic heterocycles. The lowest BCUT2D eigenvalue weighted by atomic mass is 10.3. The quantitative estimate of drug-likeness (QED) is 0.589. The van der Waals surface area contributed by atoms with Crippen LogP contribution in [0.4, 0.5) is 0 Å². The second-order valence-electron chi connectivity index (χ2n) is 3.40. The van der Waals surface area contributed by atoms with Gasteiger partial charge in [-0.2, -0.15) is 9.78 Å². The summed E-state index contributed by atoms with van der Waals surface area (Å²) < 4.78 is 3.76. The number of pyridine rings is 2. The molecule has 3 heterocycles. The molecule has 84 valence electrons. The first-order valence-electron chi connectivity index (χ1n) is 4.86. The minimum absolute atomic E-state index is 0.747. The van der Waals surface area contributed by atoms with Gasteiger partial charge in [-0.05, 0) is 56.7 Å². The lowest BCUT2D eigenvalue weighted by Gasteiger charge is -2.03. The second-order valence-corrected chi connectivity index (χ2v) is 5.41. The Kier molecular flexibility index (Phi) is 2.83. The predicted molar refractivity (Wildman–Crippen MR) is 77.1 cm³/mol. The Morgan fingerprint density at radius 1 is 1.18 bits per heavy atom. The summed E-state index contributed by atoms with van der Waals surface area (Å²) >= 11 is 5.74. The highest BCUT2D eigenvalue weighted by Crippen LogP contribution is 2.23. The van der Waals surface area contributed by atoms with E-state index in [1.807, 2.05) is 24.4 Å². The highest BCUT2D eigenvalue weighted by Gasteiger charge is 2.11. The number of aromatic nitrogens is 4. The number of hydrogen-bond donors (Lipinski definition) is 0. The third-order valence-corrected chi connectivity index (χ3v) is 3.92. The summed E-state index contributed by atoms with van der Waals surface area (Å²) in [6.07, 6.45) is 5.33. The second kappa shape index (κ2) is 4.34. The molecular weight excluding hydrogens is 395 g/mol.